The molecular formula is C16H19BrN2O. The lowest BCUT2D eigenvalue weighted by molar-refractivity contribution is 0.0929. The fourth-order valence-corrected chi connectivity index (χ4v) is 2.59. The lowest BCUT2D eigenvalue weighted by Crippen LogP contribution is -2.28. The van der Waals surface area contributed by atoms with Gasteiger partial charge in [0.25, 0.3) is 5.91 Å². The van der Waals surface area contributed by atoms with Crippen LogP contribution in [0.3, 0.4) is 0 Å². The largest absolute Gasteiger partial charge is 0.344 e. The topological polar surface area (TPSA) is 34.0 Å². The summed E-state index contributed by atoms with van der Waals surface area (Å²) in [4.78, 5) is 12.4. The van der Waals surface area contributed by atoms with Crippen LogP contribution in [0.4, 0.5) is 0 Å². The van der Waals surface area contributed by atoms with Crippen molar-refractivity contribution in [3.8, 4) is 0 Å². The van der Waals surface area contributed by atoms with Gasteiger partial charge >= 0.3 is 0 Å². The monoisotopic (exact) mass is 334 g/mol. The average Bonchev–Trinajstić information content (AvgIpc) is 2.82. The van der Waals surface area contributed by atoms with Gasteiger partial charge in [0.2, 0.25) is 0 Å². The SMILES string of the molecule is CC(C)n1cc(Br)cc1C(=O)N[C@@H](C)c1ccccc1. The molecule has 1 atom stereocenters. The molecule has 1 heterocycles. The van der Waals surface area contributed by atoms with Crippen molar-refractivity contribution in [2.24, 2.45) is 0 Å². The summed E-state index contributed by atoms with van der Waals surface area (Å²) in [5, 5.41) is 3.04. The van der Waals surface area contributed by atoms with E-state index in [2.05, 4.69) is 35.1 Å². The third-order valence-electron chi connectivity index (χ3n) is 3.25. The molecule has 106 valence electrons. The zero-order chi connectivity index (χ0) is 14.7. The summed E-state index contributed by atoms with van der Waals surface area (Å²) in [6, 6.07) is 12.0. The maximum Gasteiger partial charge on any atom is 0.268 e. The van der Waals surface area contributed by atoms with E-state index in [1.54, 1.807) is 0 Å². The number of nitrogens with one attached hydrogen (secondary N) is 1. The van der Waals surface area contributed by atoms with Gasteiger partial charge in [0.1, 0.15) is 5.69 Å². The zero-order valence-electron chi connectivity index (χ0n) is 11.9. The second-order valence-corrected chi connectivity index (χ2v) is 6.07. The van der Waals surface area contributed by atoms with E-state index in [1.807, 2.05) is 54.1 Å². The lowest BCUT2D eigenvalue weighted by Gasteiger charge is -2.17. The van der Waals surface area contributed by atoms with Crippen LogP contribution in [0.2, 0.25) is 0 Å². The maximum atomic E-state index is 12.4. The van der Waals surface area contributed by atoms with E-state index < -0.39 is 0 Å². The van der Waals surface area contributed by atoms with Gasteiger partial charge in [0.15, 0.2) is 0 Å². The highest BCUT2D eigenvalue weighted by Gasteiger charge is 2.17. The van der Waals surface area contributed by atoms with E-state index in [-0.39, 0.29) is 18.0 Å². The highest BCUT2D eigenvalue weighted by molar-refractivity contribution is 9.10. The van der Waals surface area contributed by atoms with E-state index in [4.69, 9.17) is 0 Å². The fraction of sp³-hybridized carbons (Fsp3) is 0.312. The van der Waals surface area contributed by atoms with Crippen LogP contribution in [-0.4, -0.2) is 10.5 Å². The number of hydrogen-bond donors (Lipinski definition) is 1. The first kappa shape index (κ1) is 14.9. The highest BCUT2D eigenvalue weighted by Crippen LogP contribution is 2.20. The van der Waals surface area contributed by atoms with Gasteiger partial charge in [-0.05, 0) is 48.3 Å². The summed E-state index contributed by atoms with van der Waals surface area (Å²) in [5.74, 6) is -0.0549. The molecule has 0 aliphatic carbocycles. The van der Waals surface area contributed by atoms with E-state index >= 15 is 0 Å². The predicted octanol–water partition coefficient (Wildman–Crippen LogP) is 4.32. The second kappa shape index (κ2) is 6.27. The molecule has 0 saturated heterocycles. The Kier molecular flexibility index (Phi) is 4.65. The molecule has 1 amide bonds. The summed E-state index contributed by atoms with van der Waals surface area (Å²) >= 11 is 3.43. The quantitative estimate of drug-likeness (QED) is 0.887. The Morgan fingerprint density at radius 2 is 1.85 bits per heavy atom. The average molecular weight is 335 g/mol. The number of halogens is 1. The van der Waals surface area contributed by atoms with Gasteiger partial charge in [-0.1, -0.05) is 30.3 Å². The van der Waals surface area contributed by atoms with Crippen LogP contribution in [0.25, 0.3) is 0 Å². The Labute approximate surface area is 128 Å². The first-order valence-corrected chi connectivity index (χ1v) is 7.51. The molecule has 1 aromatic heterocycles. The van der Waals surface area contributed by atoms with E-state index in [0.29, 0.717) is 5.69 Å². The highest BCUT2D eigenvalue weighted by atomic mass is 79.9. The van der Waals surface area contributed by atoms with Crippen molar-refractivity contribution in [2.75, 3.05) is 0 Å². The summed E-state index contributed by atoms with van der Waals surface area (Å²) in [5.41, 5.74) is 1.78. The number of rotatable bonds is 4. The van der Waals surface area contributed by atoms with Gasteiger partial charge in [0, 0.05) is 16.7 Å². The van der Waals surface area contributed by atoms with Crippen LogP contribution in [0, 0.1) is 0 Å². The normalized spacial score (nSPS) is 12.4. The molecule has 0 aliphatic heterocycles. The molecule has 0 fully saturated rings. The summed E-state index contributed by atoms with van der Waals surface area (Å²) in [6.07, 6.45) is 1.94. The molecule has 0 radical (unpaired) electrons. The number of hydrogen-bond acceptors (Lipinski definition) is 1. The minimum Gasteiger partial charge on any atom is -0.344 e. The smallest absolute Gasteiger partial charge is 0.268 e. The van der Waals surface area contributed by atoms with Crippen LogP contribution < -0.4 is 5.32 Å². The molecule has 2 aromatic rings. The fourth-order valence-electron chi connectivity index (χ4n) is 2.15. The second-order valence-electron chi connectivity index (χ2n) is 5.15. The Bertz CT molecular complexity index is 590. The Morgan fingerprint density at radius 3 is 2.45 bits per heavy atom. The Hall–Kier alpha value is -1.55. The van der Waals surface area contributed by atoms with Gasteiger partial charge < -0.3 is 9.88 Å². The zero-order valence-corrected chi connectivity index (χ0v) is 13.5. The molecule has 3 nitrogen and oxygen atoms in total. The van der Waals surface area contributed by atoms with Crippen molar-refractivity contribution in [1.82, 2.24) is 9.88 Å². The molecule has 4 heteroatoms. The molecule has 0 spiro atoms. The van der Waals surface area contributed by atoms with Crippen molar-refractivity contribution in [2.45, 2.75) is 32.9 Å². The van der Waals surface area contributed by atoms with Crippen molar-refractivity contribution < 1.29 is 4.79 Å². The molecule has 1 N–H and O–H groups in total. The molecular weight excluding hydrogens is 316 g/mol. The molecule has 0 aliphatic rings. The first-order chi connectivity index (χ1) is 9.49. The van der Waals surface area contributed by atoms with Crippen LogP contribution >= 0.6 is 15.9 Å². The number of nitrogens with zero attached hydrogens (tertiary/aromatic N) is 1. The van der Waals surface area contributed by atoms with Gasteiger partial charge in [0.05, 0.1) is 6.04 Å². The Morgan fingerprint density at radius 1 is 1.20 bits per heavy atom. The third kappa shape index (κ3) is 3.31. The molecule has 0 saturated carbocycles. The summed E-state index contributed by atoms with van der Waals surface area (Å²) in [6.45, 7) is 6.11. The van der Waals surface area contributed by atoms with Gasteiger partial charge in [-0.25, -0.2) is 0 Å². The van der Waals surface area contributed by atoms with E-state index in [9.17, 15) is 4.79 Å². The van der Waals surface area contributed by atoms with Gasteiger partial charge in [-0.3, -0.25) is 4.79 Å². The Balaban J connectivity index is 2.16. The summed E-state index contributed by atoms with van der Waals surface area (Å²) in [7, 11) is 0. The predicted molar refractivity (Wildman–Crippen MR) is 84.8 cm³/mol. The number of carbonyl (C=O) groups is 1. The van der Waals surface area contributed by atoms with Gasteiger partial charge in [-0.2, -0.15) is 0 Å². The number of aromatic nitrogens is 1. The van der Waals surface area contributed by atoms with Crippen LogP contribution in [0.1, 0.15) is 48.9 Å². The van der Waals surface area contributed by atoms with Crippen LogP contribution in [-0.2, 0) is 0 Å². The van der Waals surface area contributed by atoms with Crippen LogP contribution in [0.15, 0.2) is 47.1 Å². The number of amides is 1. The molecule has 1 aromatic carbocycles. The van der Waals surface area contributed by atoms with Crippen molar-refractivity contribution in [1.29, 1.82) is 0 Å². The van der Waals surface area contributed by atoms with Crippen molar-refractivity contribution >= 4 is 21.8 Å². The van der Waals surface area contributed by atoms with Crippen molar-refractivity contribution in [3.05, 3.63) is 58.3 Å². The van der Waals surface area contributed by atoms with E-state index in [1.165, 1.54) is 0 Å². The summed E-state index contributed by atoms with van der Waals surface area (Å²) < 4.78 is 2.89. The van der Waals surface area contributed by atoms with Gasteiger partial charge in [-0.15, -0.1) is 0 Å². The van der Waals surface area contributed by atoms with Crippen molar-refractivity contribution in [3.63, 3.8) is 0 Å². The van der Waals surface area contributed by atoms with E-state index in [0.717, 1.165) is 10.0 Å². The minimum atomic E-state index is -0.0549. The third-order valence-corrected chi connectivity index (χ3v) is 3.69. The lowest BCUT2D eigenvalue weighted by atomic mass is 10.1. The minimum absolute atomic E-state index is 0.0158. The molecule has 20 heavy (non-hydrogen) atoms. The van der Waals surface area contributed by atoms with Crippen LogP contribution in [0.5, 0.6) is 0 Å². The standard InChI is InChI=1S/C16H19BrN2O/c1-11(2)19-10-14(17)9-15(19)16(20)18-12(3)13-7-5-4-6-8-13/h4-12H,1-3H3,(H,18,20)/t12-/m0/s1. The molecule has 2 rings (SSSR count). The number of carbonyl (C=O) groups excluding carboxylic acids is 1. The molecule has 0 bridgehead atoms. The number of benzene rings is 1. The first-order valence-electron chi connectivity index (χ1n) is 6.72. The molecule has 0 unspecified atom stereocenters. The maximum absolute atomic E-state index is 12.4.